The van der Waals surface area contributed by atoms with Crippen LogP contribution in [0.4, 0.5) is 4.79 Å². The van der Waals surface area contributed by atoms with Crippen LogP contribution in [0.25, 0.3) is 0 Å². The highest BCUT2D eigenvalue weighted by Crippen LogP contribution is 2.33. The molecule has 31 heavy (non-hydrogen) atoms. The van der Waals surface area contributed by atoms with Crippen LogP contribution in [0.15, 0.2) is 83.3 Å². The van der Waals surface area contributed by atoms with Crippen LogP contribution in [0.1, 0.15) is 22.8 Å². The van der Waals surface area contributed by atoms with Gasteiger partial charge in [-0.05, 0) is 49.4 Å². The first-order valence-electron chi connectivity index (χ1n) is 9.64. The van der Waals surface area contributed by atoms with E-state index in [-0.39, 0.29) is 12.3 Å². The molecule has 0 aliphatic carbocycles. The number of ether oxygens (including phenoxy) is 1. The van der Waals surface area contributed by atoms with Crippen molar-refractivity contribution in [3.63, 3.8) is 0 Å². The molecule has 1 aliphatic heterocycles. The summed E-state index contributed by atoms with van der Waals surface area (Å²) < 4.78 is 6.43. The molecule has 7 heteroatoms. The first kappa shape index (κ1) is 20.8. The van der Waals surface area contributed by atoms with Gasteiger partial charge in [0, 0.05) is 15.6 Å². The maximum atomic E-state index is 13.1. The molecule has 1 unspecified atom stereocenters. The van der Waals surface area contributed by atoms with E-state index in [1.54, 1.807) is 49.4 Å². The van der Waals surface area contributed by atoms with Gasteiger partial charge in [0.25, 0.3) is 5.91 Å². The summed E-state index contributed by atoms with van der Waals surface area (Å²) in [6.07, 6.45) is 0. The van der Waals surface area contributed by atoms with Crippen LogP contribution in [-0.2, 0) is 10.3 Å². The van der Waals surface area contributed by atoms with Crippen molar-refractivity contribution in [2.45, 2.75) is 12.5 Å². The average molecular weight is 479 g/mol. The summed E-state index contributed by atoms with van der Waals surface area (Å²) >= 11 is 3.43. The molecule has 1 N–H and O–H groups in total. The third-order valence-corrected chi connectivity index (χ3v) is 5.84. The Balaban J connectivity index is 1.48. The standard InChI is InChI=1S/C24H19BrN2O4/c1-24(19-9-5-6-10-20(19)25)22(29)27(23(30)26-24)15-21(28)16-11-13-18(14-12-16)31-17-7-3-2-4-8-17/h2-14H,15H2,1H3,(H,26,30). The van der Waals surface area contributed by atoms with Gasteiger partial charge in [-0.15, -0.1) is 0 Å². The van der Waals surface area contributed by atoms with Gasteiger partial charge in [-0.3, -0.25) is 14.5 Å². The monoisotopic (exact) mass is 478 g/mol. The molecule has 1 saturated heterocycles. The Morgan fingerprint density at radius 3 is 2.23 bits per heavy atom. The summed E-state index contributed by atoms with van der Waals surface area (Å²) in [7, 11) is 0. The molecule has 0 radical (unpaired) electrons. The molecule has 1 atom stereocenters. The molecule has 3 aromatic rings. The second kappa shape index (κ2) is 8.35. The van der Waals surface area contributed by atoms with Crippen molar-refractivity contribution >= 4 is 33.7 Å². The molecule has 4 rings (SSSR count). The normalized spacial score (nSPS) is 18.1. The number of nitrogens with zero attached hydrogens (tertiary/aromatic N) is 1. The minimum absolute atomic E-state index is 0.342. The number of hydrogen-bond acceptors (Lipinski definition) is 4. The molecule has 3 amide bonds. The summed E-state index contributed by atoms with van der Waals surface area (Å²) in [5.41, 5.74) is -0.230. The Morgan fingerprint density at radius 2 is 1.55 bits per heavy atom. The highest BCUT2D eigenvalue weighted by molar-refractivity contribution is 9.10. The van der Waals surface area contributed by atoms with E-state index < -0.39 is 17.5 Å². The predicted octanol–water partition coefficient (Wildman–Crippen LogP) is 4.89. The van der Waals surface area contributed by atoms with Crippen LogP contribution in [0.3, 0.4) is 0 Å². The third kappa shape index (κ3) is 4.09. The van der Waals surface area contributed by atoms with E-state index in [0.717, 1.165) is 4.90 Å². The van der Waals surface area contributed by atoms with Crippen molar-refractivity contribution < 1.29 is 19.1 Å². The van der Waals surface area contributed by atoms with E-state index in [1.165, 1.54) is 0 Å². The van der Waals surface area contributed by atoms with Crippen LogP contribution in [0.2, 0.25) is 0 Å². The van der Waals surface area contributed by atoms with Crippen molar-refractivity contribution in [2.24, 2.45) is 0 Å². The smallest absolute Gasteiger partial charge is 0.325 e. The third-order valence-electron chi connectivity index (χ3n) is 5.14. The second-order valence-electron chi connectivity index (χ2n) is 7.29. The van der Waals surface area contributed by atoms with Gasteiger partial charge in [-0.1, -0.05) is 52.3 Å². The fourth-order valence-electron chi connectivity index (χ4n) is 3.46. The minimum Gasteiger partial charge on any atom is -0.457 e. The molecule has 0 aromatic heterocycles. The zero-order chi connectivity index (χ0) is 22.0. The zero-order valence-corrected chi connectivity index (χ0v) is 18.3. The number of urea groups is 1. The summed E-state index contributed by atoms with van der Waals surface area (Å²) in [5.74, 6) is 0.458. The molecule has 0 saturated carbocycles. The number of nitrogens with one attached hydrogen (secondary N) is 1. The lowest BCUT2D eigenvalue weighted by molar-refractivity contribution is -0.130. The lowest BCUT2D eigenvalue weighted by atomic mass is 9.92. The van der Waals surface area contributed by atoms with Crippen molar-refractivity contribution in [1.29, 1.82) is 0 Å². The summed E-state index contributed by atoms with van der Waals surface area (Å²) in [6.45, 7) is 1.29. The Labute approximate surface area is 188 Å². The van der Waals surface area contributed by atoms with E-state index >= 15 is 0 Å². The van der Waals surface area contributed by atoms with Gasteiger partial charge in [0.2, 0.25) is 0 Å². The molecule has 0 spiro atoms. The molecule has 156 valence electrons. The maximum Gasteiger partial charge on any atom is 0.325 e. The summed E-state index contributed by atoms with van der Waals surface area (Å²) in [6, 6.07) is 22.5. The number of halogens is 1. The van der Waals surface area contributed by atoms with Gasteiger partial charge in [0.1, 0.15) is 17.0 Å². The highest BCUT2D eigenvalue weighted by Gasteiger charge is 2.50. The minimum atomic E-state index is -1.25. The number of amides is 3. The van der Waals surface area contributed by atoms with E-state index in [4.69, 9.17) is 4.74 Å². The molecule has 1 heterocycles. The molecule has 3 aromatic carbocycles. The van der Waals surface area contributed by atoms with E-state index in [2.05, 4.69) is 21.2 Å². The number of benzene rings is 3. The molecule has 1 aliphatic rings. The quantitative estimate of drug-likeness (QED) is 0.404. The van der Waals surface area contributed by atoms with E-state index in [0.29, 0.717) is 27.1 Å². The fourth-order valence-corrected chi connectivity index (χ4v) is 4.14. The Bertz CT molecular complexity index is 1150. The summed E-state index contributed by atoms with van der Waals surface area (Å²) in [5, 5.41) is 2.72. The van der Waals surface area contributed by atoms with Crippen molar-refractivity contribution in [3.8, 4) is 11.5 Å². The largest absolute Gasteiger partial charge is 0.457 e. The molecule has 1 fully saturated rings. The van der Waals surface area contributed by atoms with Gasteiger partial charge in [0.05, 0.1) is 6.54 Å². The number of para-hydroxylation sites is 1. The van der Waals surface area contributed by atoms with Crippen LogP contribution in [0.5, 0.6) is 11.5 Å². The van der Waals surface area contributed by atoms with Gasteiger partial charge < -0.3 is 10.1 Å². The number of rotatable bonds is 6. The first-order valence-corrected chi connectivity index (χ1v) is 10.4. The first-order chi connectivity index (χ1) is 14.9. The van der Waals surface area contributed by atoms with Crippen LogP contribution < -0.4 is 10.1 Å². The number of ketones is 1. The highest BCUT2D eigenvalue weighted by atomic mass is 79.9. The number of Topliss-reactive ketones (excluding diaryl/α,β-unsaturated/α-hetero) is 1. The second-order valence-corrected chi connectivity index (χ2v) is 8.14. The van der Waals surface area contributed by atoms with E-state index in [9.17, 15) is 14.4 Å². The average Bonchev–Trinajstić information content (AvgIpc) is 2.99. The number of carbonyl (C=O) groups excluding carboxylic acids is 3. The molecular weight excluding hydrogens is 460 g/mol. The van der Waals surface area contributed by atoms with Crippen LogP contribution >= 0.6 is 15.9 Å². The Morgan fingerprint density at radius 1 is 0.935 bits per heavy atom. The number of imide groups is 1. The molecule has 6 nitrogen and oxygen atoms in total. The maximum absolute atomic E-state index is 13.1. The molecule has 0 bridgehead atoms. The fraction of sp³-hybridized carbons (Fsp3) is 0.125. The van der Waals surface area contributed by atoms with Gasteiger partial charge >= 0.3 is 6.03 Å². The van der Waals surface area contributed by atoms with Crippen molar-refractivity contribution in [2.75, 3.05) is 6.54 Å². The van der Waals surface area contributed by atoms with Crippen molar-refractivity contribution in [3.05, 3.63) is 94.5 Å². The molecular formula is C24H19BrN2O4. The predicted molar refractivity (Wildman–Crippen MR) is 119 cm³/mol. The van der Waals surface area contributed by atoms with Crippen molar-refractivity contribution in [1.82, 2.24) is 10.2 Å². The Hall–Kier alpha value is -3.45. The topological polar surface area (TPSA) is 75.7 Å². The van der Waals surface area contributed by atoms with Crippen LogP contribution in [-0.4, -0.2) is 29.2 Å². The lowest BCUT2D eigenvalue weighted by Gasteiger charge is -2.23. The SMILES string of the molecule is CC1(c2ccccc2Br)NC(=O)N(CC(=O)c2ccc(Oc3ccccc3)cc2)C1=O. The number of hydrogen-bond donors (Lipinski definition) is 1. The summed E-state index contributed by atoms with van der Waals surface area (Å²) in [4.78, 5) is 39.3. The van der Waals surface area contributed by atoms with Gasteiger partial charge in [0.15, 0.2) is 5.78 Å². The Kier molecular flexibility index (Phi) is 5.61. The van der Waals surface area contributed by atoms with Gasteiger partial charge in [-0.2, -0.15) is 0 Å². The lowest BCUT2D eigenvalue weighted by Crippen LogP contribution is -2.41. The number of carbonyl (C=O) groups is 3. The van der Waals surface area contributed by atoms with E-state index in [1.807, 2.05) is 36.4 Å². The van der Waals surface area contributed by atoms with Gasteiger partial charge in [-0.25, -0.2) is 4.79 Å². The van der Waals surface area contributed by atoms with Crippen LogP contribution in [0, 0.1) is 0 Å². The zero-order valence-electron chi connectivity index (χ0n) is 16.7.